The Morgan fingerprint density at radius 2 is 1.13 bits per heavy atom. The van der Waals surface area contributed by atoms with E-state index in [4.69, 9.17) is 44.5 Å². The van der Waals surface area contributed by atoms with Crippen molar-refractivity contribution < 1.29 is 9.47 Å². The van der Waals surface area contributed by atoms with Gasteiger partial charge in [-0.1, -0.05) is 47.5 Å². The molecule has 0 amide bonds. The fourth-order valence-electron chi connectivity index (χ4n) is 2.35. The fraction of sp³-hybridized carbons (Fsp3) is 0.286. The van der Waals surface area contributed by atoms with Crippen molar-refractivity contribution in [3.8, 4) is 0 Å². The summed E-state index contributed by atoms with van der Waals surface area (Å²) in [5.41, 5.74) is 8.54. The Kier molecular flexibility index (Phi) is 11.3. The van der Waals surface area contributed by atoms with Crippen molar-refractivity contribution in [3.63, 3.8) is 0 Å². The molecule has 0 fully saturated rings. The van der Waals surface area contributed by atoms with Crippen molar-refractivity contribution in [1.82, 2.24) is 10.9 Å². The number of benzene rings is 2. The molecule has 10 heteroatoms. The number of guanidine groups is 1. The largest absolute Gasteiger partial charge is 0.375 e. The number of hydrogen-bond acceptors (Lipinski definition) is 5. The van der Waals surface area contributed by atoms with Crippen LogP contribution in [0.2, 0.25) is 10.0 Å². The van der Waals surface area contributed by atoms with E-state index < -0.39 is 0 Å². The molecule has 2 rings (SSSR count). The van der Waals surface area contributed by atoms with Crippen molar-refractivity contribution in [3.05, 3.63) is 69.7 Å². The van der Waals surface area contributed by atoms with E-state index >= 15 is 0 Å². The van der Waals surface area contributed by atoms with Crippen LogP contribution < -0.4 is 10.9 Å². The molecule has 0 radical (unpaired) electrons. The van der Waals surface area contributed by atoms with E-state index in [1.165, 1.54) is 0 Å². The number of nitrogens with zero attached hydrogens (tertiary/aromatic N) is 3. The zero-order valence-electron chi connectivity index (χ0n) is 17.2. The van der Waals surface area contributed by atoms with E-state index in [2.05, 4.69) is 25.6 Å². The Balaban J connectivity index is 2.16. The minimum Gasteiger partial charge on any atom is -0.375 e. The van der Waals surface area contributed by atoms with Crippen molar-refractivity contribution in [2.75, 3.05) is 26.4 Å². The van der Waals surface area contributed by atoms with Crippen molar-refractivity contribution >= 4 is 52.4 Å². The average molecular weight is 485 g/mol. The molecule has 2 N–H and O–H groups in total. The van der Waals surface area contributed by atoms with Crippen molar-refractivity contribution in [2.24, 2.45) is 14.7 Å². The van der Waals surface area contributed by atoms with Crippen LogP contribution in [0.25, 0.3) is 0 Å². The van der Waals surface area contributed by atoms with Gasteiger partial charge in [-0.3, -0.25) is 0 Å². The van der Waals surface area contributed by atoms with Crippen LogP contribution in [0.15, 0.2) is 63.2 Å². The number of hydrazone groups is 2. The van der Waals surface area contributed by atoms with Gasteiger partial charge in [0.05, 0.1) is 24.6 Å². The summed E-state index contributed by atoms with van der Waals surface area (Å²) in [7, 11) is 0. The second kappa shape index (κ2) is 14.0. The number of halogens is 3. The lowest BCUT2D eigenvalue weighted by atomic mass is 10.1. The summed E-state index contributed by atoms with van der Waals surface area (Å²) in [6, 6.07) is 14.5. The van der Waals surface area contributed by atoms with Gasteiger partial charge in [0.1, 0.15) is 0 Å². The second-order valence-electron chi connectivity index (χ2n) is 6.06. The lowest BCUT2D eigenvalue weighted by Gasteiger charge is -2.11. The third-order valence-corrected chi connectivity index (χ3v) is 4.59. The quantitative estimate of drug-likeness (QED) is 0.287. The molecule has 0 aliphatic rings. The number of hydrogen-bond donors (Lipinski definition) is 2. The first kappa shape index (κ1) is 25.1. The molecular formula is C21H24Cl3N5O2. The maximum absolute atomic E-state index is 5.97. The van der Waals surface area contributed by atoms with Gasteiger partial charge in [0.25, 0.3) is 0 Å². The fourth-order valence-corrected chi connectivity index (χ4v) is 2.67. The minimum absolute atomic E-state index is 0.132. The van der Waals surface area contributed by atoms with Crippen molar-refractivity contribution in [1.29, 1.82) is 0 Å². The molecule has 0 heterocycles. The molecule has 0 unspecified atom stereocenters. The molecule has 0 spiro atoms. The summed E-state index contributed by atoms with van der Waals surface area (Å²) in [6.07, 6.45) is 0. The van der Waals surface area contributed by atoms with Crippen LogP contribution in [0.5, 0.6) is 0 Å². The summed E-state index contributed by atoms with van der Waals surface area (Å²) in [6.45, 7) is 5.51. The smallest absolute Gasteiger partial charge is 0.250 e. The van der Waals surface area contributed by atoms with E-state index in [1.54, 1.807) is 24.3 Å². The van der Waals surface area contributed by atoms with Crippen LogP contribution in [0.1, 0.15) is 25.0 Å². The minimum atomic E-state index is 0.132. The third-order valence-electron chi connectivity index (χ3n) is 3.92. The van der Waals surface area contributed by atoms with E-state index in [1.807, 2.05) is 38.1 Å². The molecule has 31 heavy (non-hydrogen) atoms. The Bertz CT molecular complexity index is 829. The molecule has 7 nitrogen and oxygen atoms in total. The first-order chi connectivity index (χ1) is 15.1. The van der Waals surface area contributed by atoms with Gasteiger partial charge >= 0.3 is 0 Å². The summed E-state index contributed by atoms with van der Waals surface area (Å²) < 4.78 is 14.6. The van der Waals surface area contributed by atoms with E-state index in [0.29, 0.717) is 47.9 Å². The third kappa shape index (κ3) is 8.85. The zero-order valence-corrected chi connectivity index (χ0v) is 19.5. The van der Waals surface area contributed by atoms with Gasteiger partial charge in [0.15, 0.2) is 0 Å². The molecule has 2 aromatic rings. The highest BCUT2D eigenvalue weighted by Crippen LogP contribution is 2.12. The Labute approximate surface area is 197 Å². The van der Waals surface area contributed by atoms with Gasteiger partial charge in [-0.25, -0.2) is 10.9 Å². The number of ether oxygens (including phenoxy) is 2. The van der Waals surface area contributed by atoms with Crippen LogP contribution in [0.4, 0.5) is 0 Å². The topological polar surface area (TPSA) is 79.6 Å². The molecule has 2 aromatic carbocycles. The van der Waals surface area contributed by atoms with Gasteiger partial charge in [-0.15, -0.1) is 4.51 Å². The predicted octanol–water partition coefficient (Wildman–Crippen LogP) is 4.86. The lowest BCUT2D eigenvalue weighted by Crippen LogP contribution is -2.33. The first-order valence-corrected chi connectivity index (χ1v) is 10.7. The Hall–Kier alpha value is -2.16. The summed E-state index contributed by atoms with van der Waals surface area (Å²) >= 11 is 17.6. The van der Waals surface area contributed by atoms with Gasteiger partial charge < -0.3 is 9.47 Å². The summed E-state index contributed by atoms with van der Waals surface area (Å²) in [4.78, 5) is 0. The maximum atomic E-state index is 5.97. The molecule has 0 aliphatic heterocycles. The SMILES string of the molecule is CCOC/C(=N\NC(=NCl)N/N=C(\COCC)c1ccc(Cl)cc1)c1ccc(Cl)cc1. The highest BCUT2D eigenvalue weighted by molar-refractivity contribution is 6.31. The van der Waals surface area contributed by atoms with Crippen LogP contribution in [-0.4, -0.2) is 43.8 Å². The molecule has 0 saturated heterocycles. The average Bonchev–Trinajstić information content (AvgIpc) is 2.79. The van der Waals surface area contributed by atoms with Crippen LogP contribution in [-0.2, 0) is 9.47 Å². The Morgan fingerprint density at radius 1 is 0.742 bits per heavy atom. The second-order valence-corrected chi connectivity index (χ2v) is 7.10. The molecule has 0 aliphatic carbocycles. The molecule has 0 bridgehead atoms. The summed E-state index contributed by atoms with van der Waals surface area (Å²) in [5, 5.41) is 9.99. The predicted molar refractivity (Wildman–Crippen MR) is 129 cm³/mol. The first-order valence-electron chi connectivity index (χ1n) is 9.58. The van der Waals surface area contributed by atoms with E-state index in [0.717, 1.165) is 11.1 Å². The van der Waals surface area contributed by atoms with Gasteiger partial charge in [0, 0.05) is 46.2 Å². The molecule has 0 saturated carbocycles. The van der Waals surface area contributed by atoms with E-state index in [9.17, 15) is 0 Å². The van der Waals surface area contributed by atoms with Crippen molar-refractivity contribution in [2.45, 2.75) is 13.8 Å². The highest BCUT2D eigenvalue weighted by Gasteiger charge is 2.08. The van der Waals surface area contributed by atoms with Crippen LogP contribution >= 0.6 is 35.0 Å². The summed E-state index contributed by atoms with van der Waals surface area (Å²) in [5.74, 6) is 0.132. The Morgan fingerprint density at radius 3 is 1.45 bits per heavy atom. The monoisotopic (exact) mass is 483 g/mol. The molecular weight excluding hydrogens is 461 g/mol. The molecule has 166 valence electrons. The maximum Gasteiger partial charge on any atom is 0.250 e. The van der Waals surface area contributed by atoms with Gasteiger partial charge in [0.2, 0.25) is 5.96 Å². The zero-order chi connectivity index (χ0) is 22.5. The van der Waals surface area contributed by atoms with Crippen LogP contribution in [0.3, 0.4) is 0 Å². The molecule has 0 aromatic heterocycles. The van der Waals surface area contributed by atoms with Gasteiger partial charge in [-0.2, -0.15) is 10.2 Å². The van der Waals surface area contributed by atoms with Crippen LogP contribution in [0, 0.1) is 0 Å². The van der Waals surface area contributed by atoms with E-state index in [-0.39, 0.29) is 5.96 Å². The number of rotatable bonds is 10. The van der Waals surface area contributed by atoms with Gasteiger partial charge in [-0.05, 0) is 38.1 Å². The highest BCUT2D eigenvalue weighted by atomic mass is 35.5. The normalized spacial score (nSPS) is 11.9. The number of nitrogens with one attached hydrogen (secondary N) is 2. The standard InChI is InChI=1S/C21H24Cl3N5O2/c1-3-30-13-19(15-5-9-17(22)10-6-15)26-28-21(25-24)29-27-20(14-31-4-2)16-7-11-18(23)12-8-16/h5-12H,3-4,13-14H2,1-2H3,(H2,25,28,29)/b26-19+,27-20+. The molecule has 0 atom stereocenters. The lowest BCUT2D eigenvalue weighted by molar-refractivity contribution is 0.187.